The van der Waals surface area contributed by atoms with Crippen LogP contribution >= 0.6 is 0 Å². The summed E-state index contributed by atoms with van der Waals surface area (Å²) in [5.74, 6) is 0.0390. The molecule has 124 valence electrons. The maximum atomic E-state index is 11.9. The molecule has 0 atom stereocenters. The first-order chi connectivity index (χ1) is 11.0. The van der Waals surface area contributed by atoms with Gasteiger partial charge in [0, 0.05) is 12.6 Å². The van der Waals surface area contributed by atoms with Gasteiger partial charge in [-0.15, -0.1) is 0 Å². The zero-order valence-corrected chi connectivity index (χ0v) is 13.3. The first-order valence-corrected chi connectivity index (χ1v) is 7.42. The minimum atomic E-state index is -0.840. The zero-order chi connectivity index (χ0) is 16.9. The van der Waals surface area contributed by atoms with Gasteiger partial charge in [0.05, 0.1) is 19.6 Å². The van der Waals surface area contributed by atoms with Gasteiger partial charge in [0.25, 0.3) is 0 Å². The number of amides is 1. The Bertz CT molecular complexity index is 619. The van der Waals surface area contributed by atoms with Crippen LogP contribution in [0.1, 0.15) is 24.8 Å². The lowest BCUT2D eigenvalue weighted by molar-refractivity contribution is -0.154. The van der Waals surface area contributed by atoms with Crippen molar-refractivity contribution in [2.75, 3.05) is 20.8 Å². The predicted molar refractivity (Wildman–Crippen MR) is 85.5 cm³/mol. The third kappa shape index (κ3) is 3.83. The van der Waals surface area contributed by atoms with Gasteiger partial charge in [0.15, 0.2) is 11.5 Å². The fourth-order valence-corrected chi connectivity index (χ4v) is 2.51. The van der Waals surface area contributed by atoms with Gasteiger partial charge < -0.3 is 19.9 Å². The minimum Gasteiger partial charge on any atom is -0.493 e. The maximum Gasteiger partial charge on any atom is 0.311 e. The van der Waals surface area contributed by atoms with Gasteiger partial charge in [-0.3, -0.25) is 9.59 Å². The van der Waals surface area contributed by atoms with Crippen molar-refractivity contribution in [3.05, 3.63) is 29.8 Å². The first-order valence-electron chi connectivity index (χ1n) is 7.42. The molecule has 6 nitrogen and oxygen atoms in total. The quantitative estimate of drug-likeness (QED) is 0.752. The number of hydrogen-bond acceptors (Lipinski definition) is 4. The smallest absolute Gasteiger partial charge is 0.311 e. The summed E-state index contributed by atoms with van der Waals surface area (Å²) in [6, 6.07) is 5.31. The van der Waals surface area contributed by atoms with Crippen molar-refractivity contribution < 1.29 is 24.2 Å². The van der Waals surface area contributed by atoms with Gasteiger partial charge in [-0.2, -0.15) is 0 Å². The molecule has 1 aliphatic carbocycles. The summed E-state index contributed by atoms with van der Waals surface area (Å²) in [7, 11) is 3.10. The lowest BCUT2D eigenvalue weighted by Crippen LogP contribution is -2.47. The lowest BCUT2D eigenvalue weighted by Gasteiger charge is -2.37. The van der Waals surface area contributed by atoms with Crippen LogP contribution < -0.4 is 14.8 Å². The van der Waals surface area contributed by atoms with Crippen molar-refractivity contribution in [1.29, 1.82) is 0 Å². The van der Waals surface area contributed by atoms with E-state index in [0.717, 1.165) is 12.0 Å². The number of carbonyl (C=O) groups excluding carboxylic acids is 1. The van der Waals surface area contributed by atoms with Crippen LogP contribution in [0, 0.1) is 5.41 Å². The number of carboxylic acids is 1. The summed E-state index contributed by atoms with van der Waals surface area (Å²) in [5, 5.41) is 11.9. The van der Waals surface area contributed by atoms with Crippen molar-refractivity contribution >= 4 is 18.0 Å². The molecule has 1 fully saturated rings. The van der Waals surface area contributed by atoms with Crippen LogP contribution in [0.4, 0.5) is 0 Å². The third-order valence-corrected chi connectivity index (χ3v) is 4.20. The number of aliphatic carboxylic acids is 1. The van der Waals surface area contributed by atoms with Crippen LogP contribution in [0.3, 0.4) is 0 Å². The van der Waals surface area contributed by atoms with Crippen molar-refractivity contribution in [3.63, 3.8) is 0 Å². The molecule has 23 heavy (non-hydrogen) atoms. The van der Waals surface area contributed by atoms with Crippen LogP contribution in [0.25, 0.3) is 6.08 Å². The highest BCUT2D eigenvalue weighted by Crippen LogP contribution is 2.40. The Morgan fingerprint density at radius 2 is 1.96 bits per heavy atom. The normalized spacial score (nSPS) is 15.7. The number of carboxylic acid groups (broad SMARTS) is 1. The highest BCUT2D eigenvalue weighted by molar-refractivity contribution is 5.92. The number of ether oxygens (including phenoxy) is 2. The highest BCUT2D eigenvalue weighted by Gasteiger charge is 2.44. The number of benzene rings is 1. The van der Waals surface area contributed by atoms with Crippen LogP contribution in [0.15, 0.2) is 24.3 Å². The molecule has 0 spiro atoms. The standard InChI is InChI=1S/C17H21NO5/c1-22-13-6-4-12(10-14(13)23-2)5-7-15(19)18-11-17(16(20)21)8-3-9-17/h4-7,10H,3,8-9,11H2,1-2H3,(H,18,19)(H,20,21)/b7-5+. The molecular formula is C17H21NO5. The fourth-order valence-electron chi connectivity index (χ4n) is 2.51. The largest absolute Gasteiger partial charge is 0.493 e. The molecule has 2 rings (SSSR count). The zero-order valence-electron chi connectivity index (χ0n) is 13.3. The second-order valence-corrected chi connectivity index (χ2v) is 5.60. The number of nitrogens with one attached hydrogen (secondary N) is 1. The monoisotopic (exact) mass is 319 g/mol. The van der Waals surface area contributed by atoms with E-state index in [1.165, 1.54) is 6.08 Å². The average Bonchev–Trinajstić information content (AvgIpc) is 2.51. The average molecular weight is 319 g/mol. The third-order valence-electron chi connectivity index (χ3n) is 4.20. The van der Waals surface area contributed by atoms with E-state index < -0.39 is 11.4 Å². The lowest BCUT2D eigenvalue weighted by atomic mass is 9.69. The SMILES string of the molecule is COc1ccc(/C=C/C(=O)NCC2(C(=O)O)CCC2)cc1OC. The molecule has 2 N–H and O–H groups in total. The van der Waals surface area contributed by atoms with Gasteiger partial charge in [-0.05, 0) is 36.6 Å². The van der Waals surface area contributed by atoms with Gasteiger partial charge in [0.1, 0.15) is 0 Å². The summed E-state index contributed by atoms with van der Waals surface area (Å²) in [6.07, 6.45) is 5.15. The number of hydrogen-bond donors (Lipinski definition) is 2. The molecule has 1 aromatic rings. The molecule has 0 aliphatic heterocycles. The van der Waals surface area contributed by atoms with E-state index in [1.54, 1.807) is 38.5 Å². The summed E-state index contributed by atoms with van der Waals surface area (Å²) in [4.78, 5) is 23.1. The Kier molecular flexibility index (Phi) is 5.26. The summed E-state index contributed by atoms with van der Waals surface area (Å²) < 4.78 is 10.3. The van der Waals surface area contributed by atoms with Gasteiger partial charge >= 0.3 is 5.97 Å². The topological polar surface area (TPSA) is 84.9 Å². The molecule has 1 amide bonds. The van der Waals surface area contributed by atoms with Crippen LogP contribution in [0.5, 0.6) is 11.5 Å². The Morgan fingerprint density at radius 3 is 2.48 bits per heavy atom. The number of carbonyl (C=O) groups is 2. The van der Waals surface area contributed by atoms with Gasteiger partial charge in [-0.1, -0.05) is 12.5 Å². The van der Waals surface area contributed by atoms with E-state index in [-0.39, 0.29) is 12.5 Å². The first kappa shape index (κ1) is 16.9. The maximum absolute atomic E-state index is 11.9. The van der Waals surface area contributed by atoms with Crippen molar-refractivity contribution in [3.8, 4) is 11.5 Å². The van der Waals surface area contributed by atoms with E-state index >= 15 is 0 Å². The van der Waals surface area contributed by atoms with E-state index in [2.05, 4.69) is 5.32 Å². The van der Waals surface area contributed by atoms with E-state index in [1.807, 2.05) is 0 Å². The summed E-state index contributed by atoms with van der Waals surface area (Å²) in [5.41, 5.74) is 0.00159. The van der Waals surface area contributed by atoms with Crippen molar-refractivity contribution in [2.45, 2.75) is 19.3 Å². The van der Waals surface area contributed by atoms with Gasteiger partial charge in [-0.25, -0.2) is 0 Å². The molecular weight excluding hydrogens is 298 g/mol. The molecule has 6 heteroatoms. The molecule has 0 saturated heterocycles. The van der Waals surface area contributed by atoms with Crippen molar-refractivity contribution in [1.82, 2.24) is 5.32 Å². The molecule has 1 saturated carbocycles. The Hall–Kier alpha value is -2.50. The molecule has 0 bridgehead atoms. The van der Waals surface area contributed by atoms with Gasteiger partial charge in [0.2, 0.25) is 5.91 Å². The molecule has 0 heterocycles. The molecule has 0 aromatic heterocycles. The second-order valence-electron chi connectivity index (χ2n) is 5.60. The van der Waals surface area contributed by atoms with E-state index in [9.17, 15) is 14.7 Å². The van der Waals surface area contributed by atoms with Crippen LogP contribution in [-0.4, -0.2) is 37.7 Å². The summed E-state index contributed by atoms with van der Waals surface area (Å²) in [6.45, 7) is 0.164. The van der Waals surface area contributed by atoms with E-state index in [0.29, 0.717) is 24.3 Å². The minimum absolute atomic E-state index is 0.164. The number of methoxy groups -OCH3 is 2. The Morgan fingerprint density at radius 1 is 1.26 bits per heavy atom. The molecule has 0 radical (unpaired) electrons. The Balaban J connectivity index is 1.94. The molecule has 0 unspecified atom stereocenters. The predicted octanol–water partition coefficient (Wildman–Crippen LogP) is 2.09. The fraction of sp³-hybridized carbons (Fsp3) is 0.412. The highest BCUT2D eigenvalue weighted by atomic mass is 16.5. The van der Waals surface area contributed by atoms with Crippen LogP contribution in [-0.2, 0) is 9.59 Å². The Labute approximate surface area is 135 Å². The molecule has 1 aromatic carbocycles. The molecule has 1 aliphatic rings. The van der Waals surface area contributed by atoms with E-state index in [4.69, 9.17) is 9.47 Å². The summed E-state index contributed by atoms with van der Waals surface area (Å²) >= 11 is 0. The van der Waals surface area contributed by atoms with Crippen molar-refractivity contribution in [2.24, 2.45) is 5.41 Å². The number of rotatable bonds is 7. The van der Waals surface area contributed by atoms with Crippen LogP contribution in [0.2, 0.25) is 0 Å². The second kappa shape index (κ2) is 7.17.